The first-order chi connectivity index (χ1) is 16.7. The molecule has 0 radical (unpaired) electrons. The molecule has 3 aromatic heterocycles. The summed E-state index contributed by atoms with van der Waals surface area (Å²) in [6, 6.07) is 4.84. The fraction of sp³-hybridized carbons (Fsp3) is 0.478. The van der Waals surface area contributed by atoms with Crippen molar-refractivity contribution >= 4 is 17.1 Å². The van der Waals surface area contributed by atoms with Gasteiger partial charge in [-0.15, -0.1) is 0 Å². The Bertz CT molecular complexity index is 1280. The molecule has 0 aromatic carbocycles. The van der Waals surface area contributed by atoms with Crippen LogP contribution >= 0.6 is 0 Å². The zero-order chi connectivity index (χ0) is 24.7. The third kappa shape index (κ3) is 4.49. The number of carbonyl (C=O) groups excluding carboxylic acids is 1. The molecule has 0 spiro atoms. The van der Waals surface area contributed by atoms with E-state index in [1.807, 2.05) is 6.07 Å². The highest BCUT2D eigenvalue weighted by atomic mass is 19.4. The van der Waals surface area contributed by atoms with Crippen LogP contribution in [0.15, 0.2) is 35.4 Å². The molecule has 1 aliphatic carbocycles. The molecule has 1 saturated heterocycles. The Balaban J connectivity index is 1.22. The first kappa shape index (κ1) is 23.3. The van der Waals surface area contributed by atoms with Gasteiger partial charge in [-0.2, -0.15) is 18.3 Å². The summed E-state index contributed by atoms with van der Waals surface area (Å²) < 4.78 is 40.6. The van der Waals surface area contributed by atoms with Gasteiger partial charge in [0.2, 0.25) is 0 Å². The SMILES string of the molecule is CNC(=O)c1ccc(N2CCN([C@H]3CC[C@@H](c4nn5ccc(C(F)(F)F)c5c(=O)[nH]4)C3)CC2)cn1. The Labute approximate surface area is 198 Å². The maximum atomic E-state index is 13.2. The fourth-order valence-electron chi connectivity index (χ4n) is 5.18. The lowest BCUT2D eigenvalue weighted by Gasteiger charge is -2.39. The van der Waals surface area contributed by atoms with Crippen LogP contribution in [0, 0.1) is 0 Å². The van der Waals surface area contributed by atoms with Crippen molar-refractivity contribution in [2.45, 2.75) is 37.4 Å². The smallest absolute Gasteiger partial charge is 0.368 e. The second-order valence-electron chi connectivity index (χ2n) is 9.03. The van der Waals surface area contributed by atoms with Crippen LogP contribution in [0.5, 0.6) is 0 Å². The van der Waals surface area contributed by atoms with E-state index in [0.717, 1.165) is 61.7 Å². The van der Waals surface area contributed by atoms with Crippen LogP contribution in [0.1, 0.15) is 47.1 Å². The quantitative estimate of drug-likeness (QED) is 0.584. The number of carbonyl (C=O) groups is 1. The molecule has 0 bridgehead atoms. The van der Waals surface area contributed by atoms with E-state index in [2.05, 4.69) is 30.2 Å². The average molecular weight is 490 g/mol. The van der Waals surface area contributed by atoms with Crippen LogP contribution in [-0.4, -0.2) is 69.7 Å². The first-order valence-corrected chi connectivity index (χ1v) is 11.6. The highest BCUT2D eigenvalue weighted by Gasteiger charge is 2.36. The van der Waals surface area contributed by atoms with E-state index >= 15 is 0 Å². The molecule has 3 aromatic rings. The number of aromatic nitrogens is 4. The van der Waals surface area contributed by atoms with Gasteiger partial charge >= 0.3 is 6.18 Å². The first-order valence-electron chi connectivity index (χ1n) is 11.6. The minimum Gasteiger partial charge on any atom is -0.368 e. The minimum absolute atomic E-state index is 0.00618. The lowest BCUT2D eigenvalue weighted by atomic mass is 10.1. The van der Waals surface area contributed by atoms with Crippen molar-refractivity contribution < 1.29 is 18.0 Å². The van der Waals surface area contributed by atoms with Crippen LogP contribution in [0.25, 0.3) is 5.52 Å². The Kier molecular flexibility index (Phi) is 5.99. The number of fused-ring (bicyclic) bond motifs is 1. The number of nitrogens with one attached hydrogen (secondary N) is 2. The Morgan fingerprint density at radius 2 is 1.91 bits per heavy atom. The van der Waals surface area contributed by atoms with E-state index in [-0.39, 0.29) is 11.8 Å². The normalized spacial score (nSPS) is 21.5. The number of aromatic amines is 1. The molecule has 9 nitrogen and oxygen atoms in total. The van der Waals surface area contributed by atoms with E-state index < -0.39 is 22.8 Å². The summed E-state index contributed by atoms with van der Waals surface area (Å²) in [5, 5.41) is 6.87. The van der Waals surface area contributed by atoms with Crippen LogP contribution in [0.3, 0.4) is 0 Å². The third-order valence-corrected chi connectivity index (χ3v) is 7.04. The van der Waals surface area contributed by atoms with Crippen molar-refractivity contribution in [3.05, 3.63) is 58.0 Å². The van der Waals surface area contributed by atoms with Crippen molar-refractivity contribution in [3.63, 3.8) is 0 Å². The number of amides is 1. The van der Waals surface area contributed by atoms with Gasteiger partial charge in [-0.1, -0.05) is 0 Å². The molecule has 2 aliphatic rings. The average Bonchev–Trinajstić information content (AvgIpc) is 3.52. The van der Waals surface area contributed by atoms with Crippen LogP contribution in [0.2, 0.25) is 0 Å². The molecule has 1 saturated carbocycles. The highest BCUT2D eigenvalue weighted by molar-refractivity contribution is 5.92. The van der Waals surface area contributed by atoms with Gasteiger partial charge in [0.05, 0.1) is 17.4 Å². The number of nitrogens with zero attached hydrogens (tertiary/aromatic N) is 5. The second-order valence-corrected chi connectivity index (χ2v) is 9.03. The number of anilines is 1. The molecule has 186 valence electrons. The van der Waals surface area contributed by atoms with Crippen LogP contribution in [-0.2, 0) is 6.18 Å². The number of hydrogen-bond donors (Lipinski definition) is 2. The lowest BCUT2D eigenvalue weighted by Crippen LogP contribution is -2.49. The Morgan fingerprint density at radius 3 is 2.57 bits per heavy atom. The van der Waals surface area contributed by atoms with Gasteiger partial charge in [0.1, 0.15) is 17.0 Å². The van der Waals surface area contributed by atoms with Crippen LogP contribution < -0.4 is 15.8 Å². The molecule has 1 aliphatic heterocycles. The number of pyridine rings is 1. The van der Waals surface area contributed by atoms with E-state index in [0.29, 0.717) is 17.6 Å². The van der Waals surface area contributed by atoms with E-state index in [4.69, 9.17) is 0 Å². The summed E-state index contributed by atoms with van der Waals surface area (Å²) in [4.78, 5) is 35.6. The molecular formula is C23H26F3N7O2. The summed E-state index contributed by atoms with van der Waals surface area (Å²) in [6.07, 6.45) is 0.859. The number of halogens is 3. The van der Waals surface area contributed by atoms with E-state index in [9.17, 15) is 22.8 Å². The standard InChI is InChI=1S/C23H26F3N7O2/c1-27-21(34)18-5-4-16(13-28-18)32-10-8-31(9-11-32)15-3-2-14(12-15)20-29-22(35)19-17(23(24,25)26)6-7-33(19)30-20/h4-7,13-15H,2-3,8-12H2,1H3,(H,27,34)(H,29,30,35)/t14-,15+/m1/s1. The van der Waals surface area contributed by atoms with Gasteiger partial charge in [0.25, 0.3) is 11.5 Å². The van der Waals surface area contributed by atoms with Gasteiger partial charge in [-0.25, -0.2) is 9.50 Å². The summed E-state index contributed by atoms with van der Waals surface area (Å²) in [5.74, 6) is 0.216. The molecule has 2 N–H and O–H groups in total. The number of alkyl halides is 3. The zero-order valence-corrected chi connectivity index (χ0v) is 19.2. The molecule has 1 amide bonds. The lowest BCUT2D eigenvalue weighted by molar-refractivity contribution is -0.136. The Morgan fingerprint density at radius 1 is 1.14 bits per heavy atom. The van der Waals surface area contributed by atoms with Gasteiger partial charge < -0.3 is 15.2 Å². The molecule has 12 heteroatoms. The maximum absolute atomic E-state index is 13.2. The van der Waals surface area contributed by atoms with E-state index in [1.54, 1.807) is 19.3 Å². The van der Waals surface area contributed by atoms with Gasteiger partial charge in [0, 0.05) is 51.4 Å². The number of H-pyrrole nitrogens is 1. The minimum atomic E-state index is -4.60. The predicted octanol–water partition coefficient (Wildman–Crippen LogP) is 2.25. The second kappa shape index (κ2) is 8.99. The predicted molar refractivity (Wildman–Crippen MR) is 123 cm³/mol. The van der Waals surface area contributed by atoms with Crippen molar-refractivity contribution in [3.8, 4) is 0 Å². The molecule has 5 rings (SSSR count). The summed E-state index contributed by atoms with van der Waals surface area (Å²) in [6.45, 7) is 3.38. The summed E-state index contributed by atoms with van der Waals surface area (Å²) >= 11 is 0. The summed E-state index contributed by atoms with van der Waals surface area (Å²) in [7, 11) is 1.57. The molecule has 0 unspecified atom stereocenters. The largest absolute Gasteiger partial charge is 0.418 e. The van der Waals surface area contributed by atoms with Crippen molar-refractivity contribution in [2.75, 3.05) is 38.1 Å². The molecule has 2 atom stereocenters. The van der Waals surface area contributed by atoms with E-state index in [1.165, 1.54) is 6.20 Å². The number of hydrogen-bond acceptors (Lipinski definition) is 6. The number of rotatable bonds is 4. The van der Waals surface area contributed by atoms with Gasteiger partial charge in [-0.05, 0) is 37.5 Å². The number of piperazine rings is 1. The van der Waals surface area contributed by atoms with Crippen molar-refractivity contribution in [1.29, 1.82) is 0 Å². The maximum Gasteiger partial charge on any atom is 0.418 e. The molecular weight excluding hydrogens is 463 g/mol. The van der Waals surface area contributed by atoms with Crippen molar-refractivity contribution in [2.24, 2.45) is 0 Å². The summed E-state index contributed by atoms with van der Waals surface area (Å²) in [5.41, 5.74) is -0.850. The molecule has 2 fully saturated rings. The third-order valence-electron chi connectivity index (χ3n) is 7.04. The zero-order valence-electron chi connectivity index (χ0n) is 19.2. The topological polar surface area (TPSA) is 98.6 Å². The van der Waals surface area contributed by atoms with Crippen LogP contribution in [0.4, 0.5) is 18.9 Å². The fourth-order valence-corrected chi connectivity index (χ4v) is 5.18. The molecule has 4 heterocycles. The Hall–Kier alpha value is -3.41. The van der Waals surface area contributed by atoms with Crippen molar-refractivity contribution in [1.82, 2.24) is 29.8 Å². The van der Waals surface area contributed by atoms with Gasteiger partial charge in [0.15, 0.2) is 0 Å². The molecule has 35 heavy (non-hydrogen) atoms. The highest BCUT2D eigenvalue weighted by Crippen LogP contribution is 2.36. The van der Waals surface area contributed by atoms with Gasteiger partial charge in [-0.3, -0.25) is 14.5 Å². The monoisotopic (exact) mass is 489 g/mol.